The van der Waals surface area contributed by atoms with Gasteiger partial charge in [-0.15, -0.1) is 0 Å². The van der Waals surface area contributed by atoms with Gasteiger partial charge in [0.25, 0.3) is 5.91 Å². The molecule has 7 heteroatoms. The quantitative estimate of drug-likeness (QED) is 0.551. The number of thioether (sulfide) groups is 1. The van der Waals surface area contributed by atoms with Crippen molar-refractivity contribution in [3.8, 4) is 5.75 Å². The first-order chi connectivity index (χ1) is 14.0. The average Bonchev–Trinajstić information content (AvgIpc) is 2.71. The molecule has 2 aromatic rings. The van der Waals surface area contributed by atoms with E-state index in [1.807, 2.05) is 25.1 Å². The number of rotatable bonds is 10. The van der Waals surface area contributed by atoms with Gasteiger partial charge in [-0.3, -0.25) is 4.79 Å². The number of carbonyl (C=O) groups is 1. The molecule has 6 nitrogen and oxygen atoms in total. The van der Waals surface area contributed by atoms with E-state index >= 15 is 0 Å². The van der Waals surface area contributed by atoms with Crippen LogP contribution in [0.1, 0.15) is 32.9 Å². The molecule has 2 N–H and O–H groups in total. The molecule has 0 bridgehead atoms. The molecule has 0 saturated carbocycles. The average molecular weight is 417 g/mol. The third-order valence-electron chi connectivity index (χ3n) is 4.00. The van der Waals surface area contributed by atoms with E-state index in [0.717, 1.165) is 27.9 Å². The molecule has 0 unspecified atom stereocenters. The number of ether oxygens (including phenoxy) is 2. The highest BCUT2D eigenvalue weighted by atomic mass is 32.2. The van der Waals surface area contributed by atoms with Gasteiger partial charge in [0.15, 0.2) is 0 Å². The van der Waals surface area contributed by atoms with Gasteiger partial charge in [-0.2, -0.15) is 0 Å². The summed E-state index contributed by atoms with van der Waals surface area (Å²) in [4.78, 5) is 17.6. The van der Waals surface area contributed by atoms with Crippen molar-refractivity contribution in [2.75, 3.05) is 25.6 Å². The van der Waals surface area contributed by atoms with Crippen LogP contribution < -0.4 is 10.1 Å². The number of methoxy groups -OCH3 is 1. The SMILES string of the molecule is C/C=C(\S/C=C\CC)c1cc(OCCOC)c2cc(NC(=O)[C@H](C)O)ccc2n1. The van der Waals surface area contributed by atoms with E-state index < -0.39 is 12.0 Å². The maximum Gasteiger partial charge on any atom is 0.252 e. The van der Waals surface area contributed by atoms with Gasteiger partial charge >= 0.3 is 0 Å². The van der Waals surface area contributed by atoms with Crippen LogP contribution in [0.15, 0.2) is 41.8 Å². The maximum atomic E-state index is 11.8. The molecule has 0 fully saturated rings. The zero-order valence-corrected chi connectivity index (χ0v) is 18.1. The predicted molar refractivity (Wildman–Crippen MR) is 120 cm³/mol. The Bertz CT molecular complexity index is 894. The molecular formula is C22H28N2O4S. The maximum absolute atomic E-state index is 11.8. The van der Waals surface area contributed by atoms with Crippen molar-refractivity contribution in [1.29, 1.82) is 0 Å². The molecule has 2 rings (SSSR count). The van der Waals surface area contributed by atoms with Gasteiger partial charge in [0.1, 0.15) is 18.5 Å². The van der Waals surface area contributed by atoms with Crippen molar-refractivity contribution < 1.29 is 19.4 Å². The van der Waals surface area contributed by atoms with Gasteiger partial charge in [-0.05, 0) is 43.9 Å². The van der Waals surface area contributed by atoms with E-state index in [0.29, 0.717) is 24.7 Å². The lowest BCUT2D eigenvalue weighted by molar-refractivity contribution is -0.123. The topological polar surface area (TPSA) is 80.7 Å². The molecule has 156 valence electrons. The van der Waals surface area contributed by atoms with Crippen molar-refractivity contribution in [3.63, 3.8) is 0 Å². The fraction of sp³-hybridized carbons (Fsp3) is 0.364. The lowest BCUT2D eigenvalue weighted by Gasteiger charge is -2.14. The number of nitrogens with one attached hydrogen (secondary N) is 1. The molecule has 29 heavy (non-hydrogen) atoms. The van der Waals surface area contributed by atoms with Gasteiger partial charge in [-0.25, -0.2) is 4.98 Å². The standard InChI is InChI=1S/C22H28N2O4S/c1-5-7-12-29-21(6-2)19-14-20(28-11-10-27-4)17-13-16(8-9-18(17)24-19)23-22(26)15(3)25/h6-9,12-15,25H,5,10-11H2,1-4H3,(H,23,26)/b12-7-,21-6-/t15-/m0/s1. The third-order valence-corrected chi connectivity index (χ3v) is 5.03. The van der Waals surface area contributed by atoms with Crippen LogP contribution >= 0.6 is 11.8 Å². The first-order valence-electron chi connectivity index (χ1n) is 9.54. The van der Waals surface area contributed by atoms with Gasteiger partial charge in [0.2, 0.25) is 0 Å². The number of aromatic nitrogens is 1. The molecule has 0 saturated heterocycles. The number of benzene rings is 1. The minimum Gasteiger partial charge on any atom is -0.490 e. The van der Waals surface area contributed by atoms with Crippen LogP contribution in [0, 0.1) is 0 Å². The Balaban J connectivity index is 2.45. The Morgan fingerprint density at radius 2 is 2.14 bits per heavy atom. The van der Waals surface area contributed by atoms with Gasteiger partial charge < -0.3 is 19.9 Å². The van der Waals surface area contributed by atoms with Crippen LogP contribution in [-0.4, -0.2) is 42.4 Å². The zero-order valence-electron chi connectivity index (χ0n) is 17.3. The van der Waals surface area contributed by atoms with Crippen LogP contribution in [0.4, 0.5) is 5.69 Å². The summed E-state index contributed by atoms with van der Waals surface area (Å²) in [6.45, 7) is 6.35. The summed E-state index contributed by atoms with van der Waals surface area (Å²) >= 11 is 1.61. The Kier molecular flexibility index (Phi) is 9.18. The van der Waals surface area contributed by atoms with E-state index in [2.05, 4.69) is 23.7 Å². The number of anilines is 1. The summed E-state index contributed by atoms with van der Waals surface area (Å²) in [5.41, 5.74) is 2.14. The Labute approximate surface area is 176 Å². The number of aliphatic hydroxyl groups excluding tert-OH is 1. The molecule has 0 aliphatic heterocycles. The van der Waals surface area contributed by atoms with E-state index in [4.69, 9.17) is 14.5 Å². The number of hydrogen-bond donors (Lipinski definition) is 2. The molecule has 0 spiro atoms. The van der Waals surface area contributed by atoms with Gasteiger partial charge in [0, 0.05) is 29.2 Å². The van der Waals surface area contributed by atoms with Crippen molar-refractivity contribution in [3.05, 3.63) is 47.5 Å². The fourth-order valence-electron chi connectivity index (χ4n) is 2.49. The second-order valence-corrected chi connectivity index (χ2v) is 7.24. The van der Waals surface area contributed by atoms with Crippen LogP contribution in [-0.2, 0) is 9.53 Å². The van der Waals surface area contributed by atoms with Crippen LogP contribution in [0.25, 0.3) is 15.8 Å². The number of hydrogen-bond acceptors (Lipinski definition) is 6. The molecule has 1 aromatic heterocycles. The molecule has 0 aliphatic carbocycles. The minimum atomic E-state index is -1.09. The van der Waals surface area contributed by atoms with E-state index in [9.17, 15) is 9.90 Å². The van der Waals surface area contributed by atoms with E-state index in [1.165, 1.54) is 6.92 Å². The number of amides is 1. The number of fused-ring (bicyclic) bond motifs is 1. The smallest absolute Gasteiger partial charge is 0.252 e. The first kappa shape index (κ1) is 22.9. The fourth-order valence-corrected chi connectivity index (χ4v) is 3.29. The number of pyridine rings is 1. The molecule has 0 aliphatic rings. The Hall–Kier alpha value is -2.35. The van der Waals surface area contributed by atoms with Crippen molar-refractivity contribution in [1.82, 2.24) is 4.98 Å². The normalized spacial score (nSPS) is 13.1. The highest BCUT2D eigenvalue weighted by Gasteiger charge is 2.13. The van der Waals surface area contributed by atoms with Crippen molar-refractivity contribution >= 4 is 39.2 Å². The molecule has 1 amide bonds. The summed E-state index contributed by atoms with van der Waals surface area (Å²) in [6.07, 6.45) is 4.01. The first-order valence-corrected chi connectivity index (χ1v) is 10.4. The lowest BCUT2D eigenvalue weighted by atomic mass is 10.1. The van der Waals surface area contributed by atoms with Gasteiger partial charge in [-0.1, -0.05) is 30.8 Å². The third kappa shape index (κ3) is 6.59. The number of carbonyl (C=O) groups excluding carboxylic acids is 1. The Morgan fingerprint density at radius 3 is 2.79 bits per heavy atom. The summed E-state index contributed by atoms with van der Waals surface area (Å²) in [7, 11) is 1.62. The summed E-state index contributed by atoms with van der Waals surface area (Å²) in [6, 6.07) is 7.30. The minimum absolute atomic E-state index is 0.396. The predicted octanol–water partition coefficient (Wildman–Crippen LogP) is 4.60. The second-order valence-electron chi connectivity index (χ2n) is 6.29. The number of allylic oxidation sites excluding steroid dienone is 2. The second kappa shape index (κ2) is 11.6. The molecular weight excluding hydrogens is 388 g/mol. The van der Waals surface area contributed by atoms with E-state index in [-0.39, 0.29) is 0 Å². The number of nitrogens with zero attached hydrogens (tertiary/aromatic N) is 1. The summed E-state index contributed by atoms with van der Waals surface area (Å²) in [5.74, 6) is 0.195. The van der Waals surface area contributed by atoms with Gasteiger partial charge in [0.05, 0.1) is 17.8 Å². The largest absolute Gasteiger partial charge is 0.490 e. The molecule has 1 heterocycles. The highest BCUT2D eigenvalue weighted by molar-refractivity contribution is 8.10. The van der Waals surface area contributed by atoms with Crippen molar-refractivity contribution in [2.24, 2.45) is 0 Å². The van der Waals surface area contributed by atoms with Crippen molar-refractivity contribution in [2.45, 2.75) is 33.3 Å². The lowest BCUT2D eigenvalue weighted by Crippen LogP contribution is -2.24. The molecule has 1 aromatic carbocycles. The Morgan fingerprint density at radius 1 is 1.34 bits per heavy atom. The van der Waals surface area contributed by atoms with E-state index in [1.54, 1.807) is 31.0 Å². The highest BCUT2D eigenvalue weighted by Crippen LogP contribution is 2.34. The summed E-state index contributed by atoms with van der Waals surface area (Å²) < 4.78 is 11.0. The van der Waals surface area contributed by atoms with Crippen LogP contribution in [0.3, 0.4) is 0 Å². The molecule has 1 atom stereocenters. The number of aliphatic hydroxyl groups is 1. The van der Waals surface area contributed by atoms with Crippen LogP contribution in [0.5, 0.6) is 5.75 Å². The summed E-state index contributed by atoms with van der Waals surface area (Å²) in [5, 5.41) is 15.0. The van der Waals surface area contributed by atoms with Crippen LogP contribution in [0.2, 0.25) is 0 Å². The molecule has 0 radical (unpaired) electrons. The zero-order chi connectivity index (χ0) is 21.2. The monoisotopic (exact) mass is 416 g/mol.